The number of nitrogens with one attached hydrogen (secondary N) is 2. The summed E-state index contributed by atoms with van der Waals surface area (Å²) >= 11 is 0. The molecule has 1 aromatic rings. The van der Waals surface area contributed by atoms with E-state index in [9.17, 15) is 18.4 Å². The van der Waals surface area contributed by atoms with Crippen molar-refractivity contribution in [3.05, 3.63) is 35.4 Å². The highest BCUT2D eigenvalue weighted by Gasteiger charge is 2.40. The molecule has 1 aromatic carbocycles. The maximum absolute atomic E-state index is 14.2. The summed E-state index contributed by atoms with van der Waals surface area (Å²) in [4.78, 5) is 29.8. The fourth-order valence-corrected chi connectivity index (χ4v) is 5.58. The summed E-state index contributed by atoms with van der Waals surface area (Å²) in [5.41, 5.74) is 0.232. The summed E-state index contributed by atoms with van der Waals surface area (Å²) in [6.07, 6.45) is 8.28. The van der Waals surface area contributed by atoms with Crippen molar-refractivity contribution in [1.82, 2.24) is 20.4 Å². The molecule has 2 amide bonds. The highest BCUT2D eigenvalue weighted by atomic mass is 19.2. The molecular weight excluding hydrogens is 414 g/mol. The van der Waals surface area contributed by atoms with Crippen molar-refractivity contribution in [2.75, 3.05) is 32.7 Å². The number of halogens is 2. The number of piperidine rings is 1. The van der Waals surface area contributed by atoms with Gasteiger partial charge in [-0.1, -0.05) is 31.4 Å². The monoisotopic (exact) mass is 448 g/mol. The first-order valence-electron chi connectivity index (χ1n) is 11.9. The molecule has 32 heavy (non-hydrogen) atoms. The van der Waals surface area contributed by atoms with Crippen LogP contribution in [0.25, 0.3) is 0 Å². The number of likely N-dealkylation sites (tertiary alicyclic amines) is 1. The van der Waals surface area contributed by atoms with Crippen LogP contribution in [0.15, 0.2) is 18.2 Å². The van der Waals surface area contributed by atoms with E-state index in [1.807, 2.05) is 0 Å². The van der Waals surface area contributed by atoms with Crippen LogP contribution >= 0.6 is 0 Å². The van der Waals surface area contributed by atoms with Gasteiger partial charge in [-0.2, -0.15) is 0 Å². The first-order chi connectivity index (χ1) is 15.5. The van der Waals surface area contributed by atoms with E-state index in [0.29, 0.717) is 19.6 Å². The van der Waals surface area contributed by atoms with Gasteiger partial charge >= 0.3 is 0 Å². The minimum absolute atomic E-state index is 0.0127. The summed E-state index contributed by atoms with van der Waals surface area (Å²) in [6, 6.07) is 3.36. The van der Waals surface area contributed by atoms with Crippen LogP contribution in [0.2, 0.25) is 0 Å². The summed E-state index contributed by atoms with van der Waals surface area (Å²) in [6.45, 7) is 3.79. The van der Waals surface area contributed by atoms with Crippen LogP contribution in [0.1, 0.15) is 56.9 Å². The molecule has 2 saturated heterocycles. The quantitative estimate of drug-likeness (QED) is 0.673. The lowest BCUT2D eigenvalue weighted by Gasteiger charge is -2.44. The van der Waals surface area contributed by atoms with E-state index < -0.39 is 17.7 Å². The van der Waals surface area contributed by atoms with Gasteiger partial charge in [0, 0.05) is 37.3 Å². The van der Waals surface area contributed by atoms with Crippen LogP contribution in [0.3, 0.4) is 0 Å². The lowest BCUT2D eigenvalue weighted by atomic mass is 9.92. The van der Waals surface area contributed by atoms with Crippen molar-refractivity contribution >= 4 is 11.8 Å². The Labute approximate surface area is 188 Å². The zero-order valence-electron chi connectivity index (χ0n) is 18.7. The van der Waals surface area contributed by atoms with Gasteiger partial charge in [0.15, 0.2) is 11.6 Å². The number of nitrogens with zero attached hydrogens (tertiary/aromatic N) is 2. The molecule has 0 radical (unpaired) electrons. The van der Waals surface area contributed by atoms with Gasteiger partial charge in [-0.3, -0.25) is 19.4 Å². The van der Waals surface area contributed by atoms with Gasteiger partial charge in [0.25, 0.3) is 0 Å². The van der Waals surface area contributed by atoms with Gasteiger partial charge in [-0.25, -0.2) is 8.78 Å². The Kier molecular flexibility index (Phi) is 7.40. The van der Waals surface area contributed by atoms with Crippen molar-refractivity contribution in [3.8, 4) is 0 Å². The van der Waals surface area contributed by atoms with Crippen LogP contribution in [0.5, 0.6) is 0 Å². The molecule has 1 atom stereocenters. The second-order valence-corrected chi connectivity index (χ2v) is 9.45. The molecule has 176 valence electrons. The maximum Gasteiger partial charge on any atom is 0.237 e. The second kappa shape index (κ2) is 10.3. The van der Waals surface area contributed by atoms with E-state index in [2.05, 4.69) is 15.5 Å². The second-order valence-electron chi connectivity index (χ2n) is 9.45. The first-order valence-corrected chi connectivity index (χ1v) is 11.9. The molecule has 2 aliphatic heterocycles. The van der Waals surface area contributed by atoms with Crippen LogP contribution in [-0.4, -0.2) is 65.9 Å². The lowest BCUT2D eigenvalue weighted by molar-refractivity contribution is -0.134. The number of rotatable bonds is 7. The molecule has 3 fully saturated rings. The van der Waals surface area contributed by atoms with Gasteiger partial charge in [0.2, 0.25) is 11.8 Å². The molecule has 8 heteroatoms. The molecule has 2 N–H and O–H groups in total. The van der Waals surface area contributed by atoms with Gasteiger partial charge < -0.3 is 10.6 Å². The Hall–Kier alpha value is -2.06. The van der Waals surface area contributed by atoms with Gasteiger partial charge in [-0.15, -0.1) is 0 Å². The van der Waals surface area contributed by atoms with Gasteiger partial charge in [0.05, 0.1) is 12.5 Å². The minimum atomic E-state index is -0.905. The number of amides is 2. The third kappa shape index (κ3) is 5.12. The number of carbonyl (C=O) groups excluding carboxylic acids is 2. The Balaban J connectivity index is 1.38. The van der Waals surface area contributed by atoms with Crippen LogP contribution in [-0.2, 0) is 16.1 Å². The zero-order valence-corrected chi connectivity index (χ0v) is 18.7. The van der Waals surface area contributed by atoms with Crippen molar-refractivity contribution in [2.45, 2.75) is 69.5 Å². The average molecular weight is 449 g/mol. The molecule has 6 nitrogen and oxygen atoms in total. The van der Waals surface area contributed by atoms with Crippen LogP contribution in [0, 0.1) is 11.6 Å². The van der Waals surface area contributed by atoms with E-state index in [1.165, 1.54) is 44.2 Å². The molecular formula is C24H34F2N4O2. The van der Waals surface area contributed by atoms with Crippen molar-refractivity contribution in [3.63, 3.8) is 0 Å². The van der Waals surface area contributed by atoms with Crippen molar-refractivity contribution in [2.24, 2.45) is 0 Å². The van der Waals surface area contributed by atoms with Crippen LogP contribution < -0.4 is 10.6 Å². The Bertz CT molecular complexity index is 822. The molecule has 2 heterocycles. The molecule has 1 saturated carbocycles. The third-order valence-corrected chi connectivity index (χ3v) is 7.40. The molecule has 1 aliphatic carbocycles. The fraction of sp³-hybridized carbons (Fsp3) is 0.667. The molecule has 0 aromatic heterocycles. The number of hydrogen-bond acceptors (Lipinski definition) is 4. The number of carbonyl (C=O) groups is 2. The molecule has 3 aliphatic rings. The third-order valence-electron chi connectivity index (χ3n) is 7.40. The summed E-state index contributed by atoms with van der Waals surface area (Å²) < 4.78 is 27.8. The topological polar surface area (TPSA) is 64.7 Å². The smallest absolute Gasteiger partial charge is 0.237 e. The maximum atomic E-state index is 14.2. The van der Waals surface area contributed by atoms with Crippen LogP contribution in [0.4, 0.5) is 8.78 Å². The normalized spacial score (nSPS) is 24.3. The largest absolute Gasteiger partial charge is 0.354 e. The first kappa shape index (κ1) is 23.1. The van der Waals surface area contributed by atoms with E-state index >= 15 is 0 Å². The highest BCUT2D eigenvalue weighted by Crippen LogP contribution is 2.36. The van der Waals surface area contributed by atoms with E-state index in [-0.39, 0.29) is 35.9 Å². The number of piperazine rings is 1. The van der Waals surface area contributed by atoms with Crippen molar-refractivity contribution in [1.29, 1.82) is 0 Å². The van der Waals surface area contributed by atoms with Gasteiger partial charge in [-0.05, 0) is 44.8 Å². The predicted octanol–water partition coefficient (Wildman–Crippen LogP) is 2.57. The van der Waals surface area contributed by atoms with Gasteiger partial charge in [0.1, 0.15) is 0 Å². The summed E-state index contributed by atoms with van der Waals surface area (Å²) in [7, 11) is 0. The Morgan fingerprint density at radius 1 is 1.09 bits per heavy atom. The Morgan fingerprint density at radius 3 is 2.59 bits per heavy atom. The number of hydrogen-bond donors (Lipinski definition) is 2. The van der Waals surface area contributed by atoms with E-state index in [1.54, 1.807) is 4.90 Å². The van der Waals surface area contributed by atoms with E-state index in [4.69, 9.17) is 0 Å². The van der Waals surface area contributed by atoms with Crippen molar-refractivity contribution < 1.29 is 18.4 Å². The SMILES string of the molecule is O=C(CC1C(=O)NCCN1Cc1cccc(F)c1F)NCC1(N2CCCCC2)CCCC1. The summed E-state index contributed by atoms with van der Waals surface area (Å²) in [5, 5.41) is 5.91. The predicted molar refractivity (Wildman–Crippen MR) is 118 cm³/mol. The minimum Gasteiger partial charge on any atom is -0.354 e. The number of benzene rings is 1. The molecule has 1 unspecified atom stereocenters. The zero-order chi connectivity index (χ0) is 22.6. The molecule has 0 bridgehead atoms. The standard InChI is InChI=1S/C24H34F2N4O2/c25-19-8-6-7-18(22(19)26)16-29-14-11-27-23(32)20(29)15-21(31)28-17-24(9-2-3-10-24)30-12-4-1-5-13-30/h6-8,20H,1-5,9-17H2,(H,27,32)(H,28,31). The lowest BCUT2D eigenvalue weighted by Crippen LogP contribution is -2.58. The molecule has 0 spiro atoms. The molecule has 4 rings (SSSR count). The average Bonchev–Trinajstić information content (AvgIpc) is 3.29. The van der Waals surface area contributed by atoms with E-state index in [0.717, 1.165) is 32.0 Å². The summed E-state index contributed by atoms with van der Waals surface area (Å²) in [5.74, 6) is -2.21. The Morgan fingerprint density at radius 2 is 1.84 bits per heavy atom. The highest BCUT2D eigenvalue weighted by molar-refractivity contribution is 5.88. The fourth-order valence-electron chi connectivity index (χ4n) is 5.58.